The second-order valence-corrected chi connectivity index (χ2v) is 4.28. The van der Waals surface area contributed by atoms with Gasteiger partial charge >= 0.3 is 5.97 Å². The number of hydrogen-bond acceptors (Lipinski definition) is 5. The predicted octanol–water partition coefficient (Wildman–Crippen LogP) is 2.29. The molecule has 0 N–H and O–H groups in total. The van der Waals surface area contributed by atoms with Crippen LogP contribution in [0.2, 0.25) is 0 Å². The molecular formula is C13H18N2O4. The molecule has 1 aromatic carbocycles. The lowest BCUT2D eigenvalue weighted by molar-refractivity contribution is -0.384. The number of nitro benzene ring substituents is 1. The zero-order chi connectivity index (χ0) is 14.4. The van der Waals surface area contributed by atoms with Crippen molar-refractivity contribution in [3.8, 4) is 0 Å². The minimum absolute atomic E-state index is 0.0287. The van der Waals surface area contributed by atoms with Gasteiger partial charge in [0.25, 0.3) is 5.69 Å². The van der Waals surface area contributed by atoms with E-state index < -0.39 is 4.92 Å². The van der Waals surface area contributed by atoms with Crippen LogP contribution in [0.1, 0.15) is 18.9 Å². The van der Waals surface area contributed by atoms with E-state index in [4.69, 9.17) is 0 Å². The zero-order valence-corrected chi connectivity index (χ0v) is 11.4. The van der Waals surface area contributed by atoms with Crippen molar-refractivity contribution in [2.45, 2.75) is 20.3 Å². The van der Waals surface area contributed by atoms with Crippen LogP contribution in [0, 0.1) is 17.0 Å². The highest BCUT2D eigenvalue weighted by atomic mass is 16.6. The molecule has 6 heteroatoms. The fourth-order valence-corrected chi connectivity index (χ4v) is 1.82. The second kappa shape index (κ2) is 6.72. The first-order valence-electron chi connectivity index (χ1n) is 6.05. The summed E-state index contributed by atoms with van der Waals surface area (Å²) in [6, 6.07) is 4.81. The van der Waals surface area contributed by atoms with E-state index in [1.165, 1.54) is 19.2 Å². The number of nitrogens with zero attached hydrogens (tertiary/aromatic N) is 2. The van der Waals surface area contributed by atoms with E-state index in [0.29, 0.717) is 12.2 Å². The number of carbonyl (C=O) groups excluding carboxylic acids is 1. The molecule has 1 rings (SSSR count). The number of hydrogen-bond donors (Lipinski definition) is 0. The summed E-state index contributed by atoms with van der Waals surface area (Å²) in [5.41, 5.74) is 1.48. The summed E-state index contributed by atoms with van der Waals surface area (Å²) >= 11 is 0. The molecular weight excluding hydrogens is 248 g/mol. The van der Waals surface area contributed by atoms with Crippen molar-refractivity contribution >= 4 is 17.3 Å². The van der Waals surface area contributed by atoms with Gasteiger partial charge in [-0.3, -0.25) is 14.9 Å². The van der Waals surface area contributed by atoms with Gasteiger partial charge in [-0.2, -0.15) is 0 Å². The van der Waals surface area contributed by atoms with Crippen LogP contribution in [0.15, 0.2) is 18.2 Å². The first kappa shape index (κ1) is 14.9. The minimum Gasteiger partial charge on any atom is -0.468 e. The summed E-state index contributed by atoms with van der Waals surface area (Å²) in [5, 5.41) is 10.9. The van der Waals surface area contributed by atoms with E-state index in [-0.39, 0.29) is 18.2 Å². The Morgan fingerprint density at radius 3 is 2.63 bits per heavy atom. The Hall–Kier alpha value is -2.11. The normalized spacial score (nSPS) is 10.1. The maximum Gasteiger partial charge on any atom is 0.325 e. The molecule has 0 aliphatic heterocycles. The van der Waals surface area contributed by atoms with E-state index in [1.807, 2.05) is 13.0 Å². The average molecular weight is 266 g/mol. The Labute approximate surface area is 112 Å². The van der Waals surface area contributed by atoms with Crippen LogP contribution in [0.5, 0.6) is 0 Å². The van der Waals surface area contributed by atoms with E-state index in [0.717, 1.165) is 12.0 Å². The number of rotatable bonds is 6. The summed E-state index contributed by atoms with van der Waals surface area (Å²) in [6.45, 7) is 4.49. The van der Waals surface area contributed by atoms with Crippen molar-refractivity contribution in [1.29, 1.82) is 0 Å². The Morgan fingerprint density at radius 1 is 1.42 bits per heavy atom. The molecule has 0 radical (unpaired) electrons. The molecule has 0 unspecified atom stereocenters. The number of benzene rings is 1. The molecule has 0 amide bonds. The number of carbonyl (C=O) groups is 1. The number of methoxy groups -OCH3 is 1. The van der Waals surface area contributed by atoms with Gasteiger partial charge in [0.1, 0.15) is 6.54 Å². The van der Waals surface area contributed by atoms with Gasteiger partial charge in [0.15, 0.2) is 0 Å². The van der Waals surface area contributed by atoms with E-state index in [9.17, 15) is 14.9 Å². The Kier molecular flexibility index (Phi) is 5.29. The zero-order valence-electron chi connectivity index (χ0n) is 11.4. The number of anilines is 1. The number of aryl methyl sites for hydroxylation is 1. The average Bonchev–Trinajstić information content (AvgIpc) is 2.37. The van der Waals surface area contributed by atoms with Crippen LogP contribution in [0.4, 0.5) is 11.4 Å². The lowest BCUT2D eigenvalue weighted by atomic mass is 10.1. The van der Waals surface area contributed by atoms with Gasteiger partial charge in [0.05, 0.1) is 12.0 Å². The minimum atomic E-state index is -0.432. The fraction of sp³-hybridized carbons (Fsp3) is 0.462. The molecule has 19 heavy (non-hydrogen) atoms. The van der Waals surface area contributed by atoms with Crippen LogP contribution in [0.3, 0.4) is 0 Å². The third kappa shape index (κ3) is 4.24. The van der Waals surface area contributed by atoms with E-state index in [2.05, 4.69) is 4.74 Å². The second-order valence-electron chi connectivity index (χ2n) is 4.28. The third-order valence-corrected chi connectivity index (χ3v) is 2.66. The molecule has 0 saturated carbocycles. The highest BCUT2D eigenvalue weighted by molar-refractivity contribution is 5.76. The van der Waals surface area contributed by atoms with Crippen molar-refractivity contribution in [3.63, 3.8) is 0 Å². The first-order chi connectivity index (χ1) is 8.97. The number of esters is 1. The number of non-ortho nitro benzene ring substituents is 1. The number of nitro groups is 1. The largest absolute Gasteiger partial charge is 0.468 e. The summed E-state index contributed by atoms with van der Waals surface area (Å²) in [5.74, 6) is -0.363. The van der Waals surface area contributed by atoms with Crippen molar-refractivity contribution < 1.29 is 14.5 Å². The van der Waals surface area contributed by atoms with Gasteiger partial charge < -0.3 is 9.64 Å². The summed E-state index contributed by atoms with van der Waals surface area (Å²) in [7, 11) is 1.32. The molecule has 0 saturated heterocycles. The van der Waals surface area contributed by atoms with Crippen molar-refractivity contribution in [2.24, 2.45) is 0 Å². The monoisotopic (exact) mass is 266 g/mol. The fourth-order valence-electron chi connectivity index (χ4n) is 1.82. The molecule has 0 fully saturated rings. The highest BCUT2D eigenvalue weighted by Gasteiger charge is 2.15. The summed E-state index contributed by atoms with van der Waals surface area (Å²) in [4.78, 5) is 23.6. The molecule has 0 spiro atoms. The van der Waals surface area contributed by atoms with Crippen molar-refractivity contribution in [2.75, 3.05) is 25.1 Å². The maximum absolute atomic E-state index is 11.4. The summed E-state index contributed by atoms with van der Waals surface area (Å²) < 4.78 is 4.64. The van der Waals surface area contributed by atoms with Crippen molar-refractivity contribution in [1.82, 2.24) is 0 Å². The van der Waals surface area contributed by atoms with Crippen LogP contribution in [-0.4, -0.2) is 31.1 Å². The van der Waals surface area contributed by atoms with Crippen LogP contribution >= 0.6 is 0 Å². The molecule has 0 bridgehead atoms. The quantitative estimate of drug-likeness (QED) is 0.448. The predicted molar refractivity (Wildman–Crippen MR) is 72.4 cm³/mol. The Balaban J connectivity index is 3.07. The lowest BCUT2D eigenvalue weighted by Crippen LogP contribution is -2.31. The molecule has 0 aromatic heterocycles. The van der Waals surface area contributed by atoms with Crippen LogP contribution in [-0.2, 0) is 9.53 Å². The standard InChI is InChI=1S/C13H18N2O4/c1-4-5-14(9-13(16)19-3)11-6-10(2)7-12(8-11)15(17)18/h6-8H,4-5,9H2,1-3H3. The molecule has 0 atom stereocenters. The molecule has 6 nitrogen and oxygen atoms in total. The van der Waals surface area contributed by atoms with E-state index in [1.54, 1.807) is 11.8 Å². The van der Waals surface area contributed by atoms with Crippen LogP contribution in [0.25, 0.3) is 0 Å². The van der Waals surface area contributed by atoms with Gasteiger partial charge in [0, 0.05) is 24.4 Å². The van der Waals surface area contributed by atoms with Crippen LogP contribution < -0.4 is 4.90 Å². The van der Waals surface area contributed by atoms with Gasteiger partial charge in [0.2, 0.25) is 0 Å². The van der Waals surface area contributed by atoms with Gasteiger partial charge in [-0.1, -0.05) is 6.92 Å². The van der Waals surface area contributed by atoms with Crippen molar-refractivity contribution in [3.05, 3.63) is 33.9 Å². The van der Waals surface area contributed by atoms with Gasteiger partial charge in [-0.25, -0.2) is 0 Å². The topological polar surface area (TPSA) is 72.7 Å². The maximum atomic E-state index is 11.4. The third-order valence-electron chi connectivity index (χ3n) is 2.66. The van der Waals surface area contributed by atoms with Gasteiger partial charge in [-0.05, 0) is 25.0 Å². The summed E-state index contributed by atoms with van der Waals surface area (Å²) in [6.07, 6.45) is 0.832. The SMILES string of the molecule is CCCN(CC(=O)OC)c1cc(C)cc([N+](=O)[O-])c1. The molecule has 0 aliphatic rings. The van der Waals surface area contributed by atoms with Gasteiger partial charge in [-0.15, -0.1) is 0 Å². The Morgan fingerprint density at radius 2 is 2.11 bits per heavy atom. The van der Waals surface area contributed by atoms with E-state index >= 15 is 0 Å². The molecule has 0 heterocycles. The molecule has 104 valence electrons. The molecule has 0 aliphatic carbocycles. The highest BCUT2D eigenvalue weighted by Crippen LogP contribution is 2.24. The molecule has 1 aromatic rings. The first-order valence-corrected chi connectivity index (χ1v) is 6.05. The lowest BCUT2D eigenvalue weighted by Gasteiger charge is -2.23. The smallest absolute Gasteiger partial charge is 0.325 e. The Bertz CT molecular complexity index is 474. The number of ether oxygens (including phenoxy) is 1.